The highest BCUT2D eigenvalue weighted by molar-refractivity contribution is 4.92. The minimum Gasteiger partial charge on any atom is -0.390 e. The first-order valence-electron chi connectivity index (χ1n) is 7.46. The molecular formula is C15H28O. The van der Waals surface area contributed by atoms with Crippen LogP contribution in [0.5, 0.6) is 0 Å². The van der Waals surface area contributed by atoms with Gasteiger partial charge in [-0.15, -0.1) is 0 Å². The number of hydrogen-bond donors (Lipinski definition) is 1. The molecule has 94 valence electrons. The van der Waals surface area contributed by atoms with Gasteiger partial charge in [0.15, 0.2) is 0 Å². The summed E-state index contributed by atoms with van der Waals surface area (Å²) in [5, 5.41) is 10.6. The summed E-state index contributed by atoms with van der Waals surface area (Å²) in [4.78, 5) is 0. The van der Waals surface area contributed by atoms with Gasteiger partial charge in [0.05, 0.1) is 5.60 Å². The molecule has 0 aromatic carbocycles. The first kappa shape index (κ1) is 12.4. The lowest BCUT2D eigenvalue weighted by molar-refractivity contribution is -0.0287. The van der Waals surface area contributed by atoms with Crippen molar-refractivity contribution in [1.29, 1.82) is 0 Å². The van der Waals surface area contributed by atoms with Gasteiger partial charge in [-0.25, -0.2) is 0 Å². The zero-order valence-electron chi connectivity index (χ0n) is 10.9. The Hall–Kier alpha value is -0.0400. The van der Waals surface area contributed by atoms with Gasteiger partial charge in [0, 0.05) is 0 Å². The predicted octanol–water partition coefficient (Wildman–Crippen LogP) is 4.29. The third-order valence-corrected chi connectivity index (χ3v) is 4.64. The van der Waals surface area contributed by atoms with E-state index in [1.807, 2.05) is 0 Å². The van der Waals surface area contributed by atoms with E-state index in [2.05, 4.69) is 6.92 Å². The molecule has 2 unspecified atom stereocenters. The van der Waals surface area contributed by atoms with Crippen molar-refractivity contribution in [3.63, 3.8) is 0 Å². The molecule has 0 aliphatic heterocycles. The Kier molecular flexibility index (Phi) is 4.29. The van der Waals surface area contributed by atoms with Crippen molar-refractivity contribution in [2.24, 2.45) is 11.8 Å². The monoisotopic (exact) mass is 224 g/mol. The molecule has 0 spiro atoms. The van der Waals surface area contributed by atoms with E-state index in [-0.39, 0.29) is 5.60 Å². The molecule has 0 radical (unpaired) electrons. The Balaban J connectivity index is 1.72. The molecule has 2 aliphatic rings. The van der Waals surface area contributed by atoms with E-state index in [0.29, 0.717) is 0 Å². The zero-order chi connectivity index (χ0) is 11.4. The van der Waals surface area contributed by atoms with Crippen LogP contribution in [0.2, 0.25) is 0 Å². The Morgan fingerprint density at radius 3 is 2.56 bits per heavy atom. The van der Waals surface area contributed by atoms with Crippen molar-refractivity contribution in [2.45, 2.75) is 83.2 Å². The Morgan fingerprint density at radius 2 is 1.88 bits per heavy atom. The summed E-state index contributed by atoms with van der Waals surface area (Å²) in [6, 6.07) is 0. The van der Waals surface area contributed by atoms with E-state index in [4.69, 9.17) is 0 Å². The van der Waals surface area contributed by atoms with Crippen LogP contribution in [0, 0.1) is 11.8 Å². The van der Waals surface area contributed by atoms with E-state index in [1.54, 1.807) is 0 Å². The lowest BCUT2D eigenvalue weighted by atomic mass is 9.74. The lowest BCUT2D eigenvalue weighted by Gasteiger charge is -2.37. The summed E-state index contributed by atoms with van der Waals surface area (Å²) >= 11 is 0. The Bertz CT molecular complexity index is 209. The molecule has 0 bridgehead atoms. The van der Waals surface area contributed by atoms with Crippen LogP contribution in [0.3, 0.4) is 0 Å². The fraction of sp³-hybridized carbons (Fsp3) is 1.00. The fourth-order valence-corrected chi connectivity index (χ4v) is 3.46. The highest BCUT2D eigenvalue weighted by Gasteiger charge is 2.40. The summed E-state index contributed by atoms with van der Waals surface area (Å²) < 4.78 is 0. The summed E-state index contributed by atoms with van der Waals surface area (Å²) in [6.07, 6.45) is 14.0. The van der Waals surface area contributed by atoms with Crippen molar-refractivity contribution < 1.29 is 5.11 Å². The standard InChI is InChI=1S/C15H28O/c1-2-3-4-5-10-15(16)11-6-7-14(12-15)13-8-9-13/h13-14,16H,2-12H2,1H3. The molecular weight excluding hydrogens is 196 g/mol. The first-order valence-corrected chi connectivity index (χ1v) is 7.46. The van der Waals surface area contributed by atoms with Gasteiger partial charge >= 0.3 is 0 Å². The van der Waals surface area contributed by atoms with Gasteiger partial charge in [-0.1, -0.05) is 39.0 Å². The van der Waals surface area contributed by atoms with Gasteiger partial charge < -0.3 is 5.11 Å². The zero-order valence-corrected chi connectivity index (χ0v) is 10.9. The predicted molar refractivity (Wildman–Crippen MR) is 68.4 cm³/mol. The molecule has 0 heterocycles. The van der Waals surface area contributed by atoms with Crippen LogP contribution in [-0.2, 0) is 0 Å². The smallest absolute Gasteiger partial charge is 0.0650 e. The molecule has 2 saturated carbocycles. The lowest BCUT2D eigenvalue weighted by Crippen LogP contribution is -2.35. The topological polar surface area (TPSA) is 20.2 Å². The molecule has 2 fully saturated rings. The van der Waals surface area contributed by atoms with E-state index < -0.39 is 0 Å². The third-order valence-electron chi connectivity index (χ3n) is 4.64. The van der Waals surface area contributed by atoms with Gasteiger partial charge in [-0.2, -0.15) is 0 Å². The normalized spacial score (nSPS) is 35.2. The molecule has 1 N–H and O–H groups in total. The molecule has 0 aromatic rings. The molecule has 2 aliphatic carbocycles. The molecule has 16 heavy (non-hydrogen) atoms. The largest absolute Gasteiger partial charge is 0.390 e. The van der Waals surface area contributed by atoms with E-state index >= 15 is 0 Å². The summed E-state index contributed by atoms with van der Waals surface area (Å²) in [6.45, 7) is 2.25. The second kappa shape index (κ2) is 5.53. The van der Waals surface area contributed by atoms with Crippen LogP contribution >= 0.6 is 0 Å². The minimum atomic E-state index is -0.279. The maximum absolute atomic E-state index is 10.6. The molecule has 0 amide bonds. The average molecular weight is 224 g/mol. The number of rotatable bonds is 6. The van der Waals surface area contributed by atoms with Crippen molar-refractivity contribution >= 4 is 0 Å². The highest BCUT2D eigenvalue weighted by Crippen LogP contribution is 2.47. The summed E-state index contributed by atoms with van der Waals surface area (Å²) in [5.74, 6) is 1.85. The van der Waals surface area contributed by atoms with Crippen LogP contribution in [0.4, 0.5) is 0 Å². The quantitative estimate of drug-likeness (QED) is 0.667. The molecule has 2 atom stereocenters. The average Bonchev–Trinajstić information content (AvgIpc) is 3.08. The summed E-state index contributed by atoms with van der Waals surface area (Å²) in [7, 11) is 0. The van der Waals surface area contributed by atoms with Gasteiger partial charge in [-0.05, 0) is 50.4 Å². The molecule has 1 nitrogen and oxygen atoms in total. The number of aliphatic hydroxyl groups is 1. The second-order valence-corrected chi connectivity index (χ2v) is 6.23. The van der Waals surface area contributed by atoms with Crippen molar-refractivity contribution in [1.82, 2.24) is 0 Å². The van der Waals surface area contributed by atoms with E-state index in [0.717, 1.165) is 31.1 Å². The van der Waals surface area contributed by atoms with Crippen LogP contribution in [-0.4, -0.2) is 10.7 Å². The number of hydrogen-bond acceptors (Lipinski definition) is 1. The van der Waals surface area contributed by atoms with Gasteiger partial charge in [-0.3, -0.25) is 0 Å². The minimum absolute atomic E-state index is 0.279. The Morgan fingerprint density at radius 1 is 1.06 bits per heavy atom. The maximum atomic E-state index is 10.6. The fourth-order valence-electron chi connectivity index (χ4n) is 3.46. The first-order chi connectivity index (χ1) is 7.73. The van der Waals surface area contributed by atoms with Crippen LogP contribution in [0.1, 0.15) is 77.6 Å². The SMILES string of the molecule is CCCCCCC1(O)CCCC(C2CC2)C1. The van der Waals surface area contributed by atoms with Crippen LogP contribution < -0.4 is 0 Å². The van der Waals surface area contributed by atoms with Crippen LogP contribution in [0.25, 0.3) is 0 Å². The molecule has 2 rings (SSSR count). The van der Waals surface area contributed by atoms with Crippen molar-refractivity contribution in [3.05, 3.63) is 0 Å². The third kappa shape index (κ3) is 3.48. The van der Waals surface area contributed by atoms with E-state index in [9.17, 15) is 5.11 Å². The van der Waals surface area contributed by atoms with Gasteiger partial charge in [0.1, 0.15) is 0 Å². The highest BCUT2D eigenvalue weighted by atomic mass is 16.3. The summed E-state index contributed by atoms with van der Waals surface area (Å²) in [5.41, 5.74) is -0.279. The van der Waals surface area contributed by atoms with Crippen molar-refractivity contribution in [3.8, 4) is 0 Å². The van der Waals surface area contributed by atoms with Crippen LogP contribution in [0.15, 0.2) is 0 Å². The van der Waals surface area contributed by atoms with Gasteiger partial charge in [0.2, 0.25) is 0 Å². The second-order valence-electron chi connectivity index (χ2n) is 6.23. The molecule has 0 saturated heterocycles. The maximum Gasteiger partial charge on any atom is 0.0650 e. The van der Waals surface area contributed by atoms with Crippen molar-refractivity contribution in [2.75, 3.05) is 0 Å². The van der Waals surface area contributed by atoms with E-state index in [1.165, 1.54) is 51.4 Å². The Labute approximate surface area is 101 Å². The van der Waals surface area contributed by atoms with Gasteiger partial charge in [0.25, 0.3) is 0 Å². The molecule has 1 heteroatoms. The number of unbranched alkanes of at least 4 members (excludes halogenated alkanes) is 3. The molecule has 0 aromatic heterocycles.